The highest BCUT2D eigenvalue weighted by Gasteiger charge is 2.14. The number of aryl methyl sites for hydroxylation is 2. The summed E-state index contributed by atoms with van der Waals surface area (Å²) in [6.45, 7) is 4.54. The quantitative estimate of drug-likeness (QED) is 0.452. The molecule has 0 spiro atoms. The van der Waals surface area contributed by atoms with Crippen LogP contribution >= 0.6 is 0 Å². The lowest BCUT2D eigenvalue weighted by Crippen LogP contribution is -2.24. The molecule has 6 heteroatoms. The van der Waals surface area contributed by atoms with Gasteiger partial charge in [-0.25, -0.2) is 9.19 Å². The number of terminal acetylenes is 1. The molecule has 0 saturated carbocycles. The summed E-state index contributed by atoms with van der Waals surface area (Å²) in [5, 5.41) is 0.567. The molecule has 1 unspecified atom stereocenters. The van der Waals surface area contributed by atoms with Crippen LogP contribution in [-0.4, -0.2) is 20.7 Å². The Kier molecular flexibility index (Phi) is 6.20. The molecule has 0 aliphatic carbocycles. The summed E-state index contributed by atoms with van der Waals surface area (Å²) >= 11 is 0. The van der Waals surface area contributed by atoms with E-state index in [4.69, 9.17) is 6.42 Å². The minimum atomic E-state index is -1.26. The van der Waals surface area contributed by atoms with Crippen molar-refractivity contribution in [3.8, 4) is 12.3 Å². The van der Waals surface area contributed by atoms with E-state index in [1.54, 1.807) is 6.92 Å². The summed E-state index contributed by atoms with van der Waals surface area (Å²) in [4.78, 5) is 23.4. The fraction of sp³-hybridized carbons (Fsp3) is 0.154. The lowest BCUT2D eigenvalue weighted by atomic mass is 10.1. The minimum Gasteiger partial charge on any atom is -0.356 e. The zero-order valence-corrected chi connectivity index (χ0v) is 18.8. The van der Waals surface area contributed by atoms with E-state index in [0.29, 0.717) is 29.8 Å². The smallest absolute Gasteiger partial charge is 0.259 e. The standard InChI is InChI=1S/C26H23N3O2S/c1-4-16-29(17-20-9-7-10-23-25(20)26(30)28-19(3)27-23)21-12-14-22(15-13-21)32(31)24-11-6-5-8-18(24)2/h1,5-15H,16-17H2,2-3H3,(H,27,28,30). The molecular weight excluding hydrogens is 418 g/mol. The Hall–Kier alpha value is -3.69. The maximum Gasteiger partial charge on any atom is 0.259 e. The van der Waals surface area contributed by atoms with Gasteiger partial charge in [0.05, 0.1) is 28.2 Å². The third-order valence-electron chi connectivity index (χ3n) is 5.29. The Balaban J connectivity index is 1.65. The van der Waals surface area contributed by atoms with Gasteiger partial charge in [0, 0.05) is 22.0 Å². The number of rotatable bonds is 6. The van der Waals surface area contributed by atoms with Crippen LogP contribution in [0.4, 0.5) is 5.69 Å². The molecule has 0 fully saturated rings. The van der Waals surface area contributed by atoms with Crippen molar-refractivity contribution >= 4 is 27.4 Å². The number of nitrogens with one attached hydrogen (secondary N) is 1. The van der Waals surface area contributed by atoms with Gasteiger partial charge >= 0.3 is 0 Å². The van der Waals surface area contributed by atoms with E-state index in [0.717, 1.165) is 26.6 Å². The van der Waals surface area contributed by atoms with Crippen LogP contribution in [0.5, 0.6) is 0 Å². The van der Waals surface area contributed by atoms with E-state index in [2.05, 4.69) is 15.9 Å². The number of H-pyrrole nitrogens is 1. The predicted molar refractivity (Wildman–Crippen MR) is 129 cm³/mol. The highest BCUT2D eigenvalue weighted by Crippen LogP contribution is 2.24. The molecule has 0 aliphatic heterocycles. The normalized spacial score (nSPS) is 11.8. The number of fused-ring (bicyclic) bond motifs is 1. The van der Waals surface area contributed by atoms with Gasteiger partial charge in [-0.05, 0) is 61.4 Å². The minimum absolute atomic E-state index is 0.160. The number of hydrogen-bond donors (Lipinski definition) is 1. The number of benzene rings is 3. The first-order chi connectivity index (χ1) is 15.5. The molecule has 160 valence electrons. The molecule has 1 aromatic heterocycles. The van der Waals surface area contributed by atoms with Crippen LogP contribution in [0, 0.1) is 26.2 Å². The molecule has 4 rings (SSSR count). The van der Waals surface area contributed by atoms with Crippen LogP contribution < -0.4 is 10.5 Å². The van der Waals surface area contributed by atoms with Crippen molar-refractivity contribution in [3.05, 3.63) is 94.0 Å². The zero-order chi connectivity index (χ0) is 22.7. The second-order valence-electron chi connectivity index (χ2n) is 7.55. The van der Waals surface area contributed by atoms with Crippen LogP contribution in [0.1, 0.15) is 17.0 Å². The third-order valence-corrected chi connectivity index (χ3v) is 6.85. The summed E-state index contributed by atoms with van der Waals surface area (Å²) in [5.41, 5.74) is 3.23. The van der Waals surface area contributed by atoms with Gasteiger partial charge in [-0.2, -0.15) is 0 Å². The maximum absolute atomic E-state index is 13.0. The largest absolute Gasteiger partial charge is 0.356 e. The molecule has 32 heavy (non-hydrogen) atoms. The molecule has 0 radical (unpaired) electrons. The van der Waals surface area contributed by atoms with Crippen LogP contribution in [0.25, 0.3) is 10.9 Å². The number of nitrogens with zero attached hydrogens (tertiary/aromatic N) is 2. The monoisotopic (exact) mass is 441 g/mol. The molecule has 1 heterocycles. The molecule has 3 aromatic carbocycles. The van der Waals surface area contributed by atoms with Gasteiger partial charge in [0.25, 0.3) is 5.56 Å². The molecule has 0 saturated heterocycles. The zero-order valence-electron chi connectivity index (χ0n) is 18.0. The highest BCUT2D eigenvalue weighted by atomic mass is 32.2. The van der Waals surface area contributed by atoms with Gasteiger partial charge in [0.15, 0.2) is 0 Å². The Morgan fingerprint density at radius 3 is 2.50 bits per heavy atom. The Bertz CT molecular complexity index is 1400. The fourth-order valence-electron chi connectivity index (χ4n) is 3.74. The van der Waals surface area contributed by atoms with E-state index in [-0.39, 0.29) is 5.56 Å². The molecular formula is C26H23N3O2S. The van der Waals surface area contributed by atoms with Gasteiger partial charge in [-0.15, -0.1) is 6.42 Å². The molecule has 4 aromatic rings. The number of aromatic nitrogens is 2. The Morgan fingerprint density at radius 2 is 1.78 bits per heavy atom. The van der Waals surface area contributed by atoms with Crippen molar-refractivity contribution in [2.24, 2.45) is 0 Å². The molecule has 0 amide bonds. The molecule has 5 nitrogen and oxygen atoms in total. The second-order valence-corrected chi connectivity index (χ2v) is 9.00. The number of aromatic amines is 1. The average molecular weight is 442 g/mol. The summed E-state index contributed by atoms with van der Waals surface area (Å²) in [7, 11) is -1.26. The predicted octanol–water partition coefficient (Wildman–Crippen LogP) is 4.35. The number of hydrogen-bond acceptors (Lipinski definition) is 4. The Morgan fingerprint density at radius 1 is 1.03 bits per heavy atom. The third kappa shape index (κ3) is 4.34. The van der Waals surface area contributed by atoms with Gasteiger partial charge in [0.1, 0.15) is 5.82 Å². The average Bonchev–Trinajstić information content (AvgIpc) is 2.78. The lowest BCUT2D eigenvalue weighted by Gasteiger charge is -2.23. The second kappa shape index (κ2) is 9.21. The summed E-state index contributed by atoms with van der Waals surface area (Å²) in [6.07, 6.45) is 5.63. The summed E-state index contributed by atoms with van der Waals surface area (Å²) in [5.74, 6) is 3.27. The van der Waals surface area contributed by atoms with E-state index in [1.165, 1.54) is 0 Å². The van der Waals surface area contributed by atoms with Crippen molar-refractivity contribution in [1.29, 1.82) is 0 Å². The van der Waals surface area contributed by atoms with Crippen molar-refractivity contribution in [3.63, 3.8) is 0 Å². The van der Waals surface area contributed by atoms with Gasteiger partial charge in [0.2, 0.25) is 0 Å². The molecule has 0 aliphatic rings. The first-order valence-electron chi connectivity index (χ1n) is 10.2. The molecule has 0 bridgehead atoms. The van der Waals surface area contributed by atoms with Crippen LogP contribution in [0.15, 0.2) is 81.3 Å². The van der Waals surface area contributed by atoms with Crippen LogP contribution in [-0.2, 0) is 17.3 Å². The first-order valence-corrected chi connectivity index (χ1v) is 11.4. The summed E-state index contributed by atoms with van der Waals surface area (Å²) < 4.78 is 13.0. The van der Waals surface area contributed by atoms with Crippen molar-refractivity contribution in [1.82, 2.24) is 9.97 Å². The van der Waals surface area contributed by atoms with Crippen LogP contribution in [0.2, 0.25) is 0 Å². The van der Waals surface area contributed by atoms with Gasteiger partial charge in [-0.3, -0.25) is 4.79 Å². The van der Waals surface area contributed by atoms with E-state index < -0.39 is 10.8 Å². The van der Waals surface area contributed by atoms with Gasteiger partial charge < -0.3 is 9.88 Å². The molecule has 1 N–H and O–H groups in total. The first kappa shape index (κ1) is 21.5. The van der Waals surface area contributed by atoms with E-state index >= 15 is 0 Å². The van der Waals surface area contributed by atoms with Crippen LogP contribution in [0.3, 0.4) is 0 Å². The maximum atomic E-state index is 13.0. The highest BCUT2D eigenvalue weighted by molar-refractivity contribution is 7.85. The SMILES string of the molecule is C#CCN(Cc1cccc2nc(C)[nH]c(=O)c12)c1ccc(S(=O)c2ccccc2C)cc1. The topological polar surface area (TPSA) is 66.1 Å². The van der Waals surface area contributed by atoms with Crippen molar-refractivity contribution in [2.45, 2.75) is 30.2 Å². The molecule has 1 atom stereocenters. The Labute approximate surface area is 189 Å². The van der Waals surface area contributed by atoms with Gasteiger partial charge in [-0.1, -0.05) is 36.3 Å². The summed E-state index contributed by atoms with van der Waals surface area (Å²) in [6, 6.07) is 20.9. The van der Waals surface area contributed by atoms with E-state index in [1.807, 2.05) is 78.6 Å². The lowest BCUT2D eigenvalue weighted by molar-refractivity contribution is 0.682. The van der Waals surface area contributed by atoms with Crippen molar-refractivity contribution < 1.29 is 4.21 Å². The van der Waals surface area contributed by atoms with E-state index in [9.17, 15) is 9.00 Å². The van der Waals surface area contributed by atoms with Crippen molar-refractivity contribution in [2.75, 3.05) is 11.4 Å². The fourth-order valence-corrected chi connectivity index (χ4v) is 4.94. The number of anilines is 1.